The number of sulfone groups is 2. The molecule has 17 heteroatoms. The highest BCUT2D eigenvalue weighted by Crippen LogP contribution is 2.33. The summed E-state index contributed by atoms with van der Waals surface area (Å²) >= 11 is 1.84. The van der Waals surface area contributed by atoms with Gasteiger partial charge in [-0.05, 0) is 63.1 Å². The lowest BCUT2D eigenvalue weighted by atomic mass is 9.99. The van der Waals surface area contributed by atoms with Gasteiger partial charge in [-0.3, -0.25) is 14.4 Å². The molecule has 4 amide bonds. The maximum absolute atomic E-state index is 13.8. The van der Waals surface area contributed by atoms with E-state index in [0.29, 0.717) is 24.6 Å². The molecule has 2 fully saturated rings. The smallest absolute Gasteiger partial charge is 0.315 e. The molecule has 2 aliphatic rings. The van der Waals surface area contributed by atoms with E-state index in [4.69, 9.17) is 0 Å². The monoisotopic (exact) mass is 841 g/mol. The van der Waals surface area contributed by atoms with Crippen molar-refractivity contribution in [2.75, 3.05) is 43.5 Å². The molecule has 0 saturated carbocycles. The molecule has 14 nitrogen and oxygen atoms in total. The highest BCUT2D eigenvalue weighted by atomic mass is 32.2. The van der Waals surface area contributed by atoms with Crippen LogP contribution in [0.2, 0.25) is 0 Å². The molecule has 0 aromatic heterocycles. The summed E-state index contributed by atoms with van der Waals surface area (Å²) in [6.07, 6.45) is 2.78. The van der Waals surface area contributed by atoms with Crippen molar-refractivity contribution in [3.05, 3.63) is 95.1 Å². The molecule has 2 heterocycles. The number of benzene rings is 3. The first kappa shape index (κ1) is 43.8. The zero-order chi connectivity index (χ0) is 41.2. The van der Waals surface area contributed by atoms with Crippen molar-refractivity contribution in [1.29, 1.82) is 0 Å². The number of hydrogen-bond donors (Lipinski definition) is 6. The fraction of sp³-hybridized carbons (Fsp3) is 0.450. The van der Waals surface area contributed by atoms with Gasteiger partial charge >= 0.3 is 6.03 Å². The summed E-state index contributed by atoms with van der Waals surface area (Å²) in [6, 6.07) is 17.5. The zero-order valence-corrected chi connectivity index (χ0v) is 34.5. The Hall–Kier alpha value is -4.29. The second-order valence-electron chi connectivity index (χ2n) is 14.6. The summed E-state index contributed by atoms with van der Waals surface area (Å²) in [5, 5.41) is 24.7. The van der Waals surface area contributed by atoms with Crippen LogP contribution < -0.4 is 26.6 Å². The number of aliphatic hydroxyl groups excluding tert-OH is 1. The summed E-state index contributed by atoms with van der Waals surface area (Å²) < 4.78 is 53.7. The summed E-state index contributed by atoms with van der Waals surface area (Å²) in [6.45, 7) is 4.20. The molecule has 6 N–H and O–H groups in total. The maximum Gasteiger partial charge on any atom is 0.315 e. The van der Waals surface area contributed by atoms with Gasteiger partial charge in [-0.15, -0.1) is 0 Å². The normalized spacial score (nSPS) is 18.4. The molecule has 3 aromatic carbocycles. The minimum atomic E-state index is -4.05. The number of rotatable bonds is 21. The van der Waals surface area contributed by atoms with Crippen LogP contribution in [0.1, 0.15) is 57.5 Å². The predicted molar refractivity (Wildman–Crippen MR) is 219 cm³/mol. The number of aliphatic hydroxyl groups is 1. The number of thioether (sulfide) groups is 1. The maximum atomic E-state index is 13.8. The van der Waals surface area contributed by atoms with Crippen LogP contribution >= 0.6 is 11.8 Å². The Balaban J connectivity index is 1.08. The largest absolute Gasteiger partial charge is 0.394 e. The molecule has 5 rings (SSSR count). The number of Topliss-reactive ketones (excluding diaryl/α,β-unsaturated/α-hetero) is 1. The van der Waals surface area contributed by atoms with Crippen LogP contribution in [0.25, 0.3) is 0 Å². The topological polar surface area (TPSA) is 217 Å². The van der Waals surface area contributed by atoms with E-state index in [2.05, 4.69) is 26.6 Å². The Kier molecular flexibility index (Phi) is 15.3. The van der Waals surface area contributed by atoms with Crippen molar-refractivity contribution in [3.8, 4) is 0 Å². The number of amides is 4. The Bertz CT molecular complexity index is 2020. The van der Waals surface area contributed by atoms with Gasteiger partial charge in [-0.1, -0.05) is 53.9 Å². The molecule has 0 bridgehead atoms. The molecule has 57 heavy (non-hydrogen) atoms. The number of nitrogens with one attached hydrogen (secondary N) is 5. The van der Waals surface area contributed by atoms with Crippen LogP contribution in [0.4, 0.5) is 4.79 Å². The van der Waals surface area contributed by atoms with E-state index in [9.17, 15) is 41.1 Å². The number of urea groups is 1. The van der Waals surface area contributed by atoms with Crippen molar-refractivity contribution in [1.82, 2.24) is 26.6 Å². The molecule has 0 spiro atoms. The van der Waals surface area contributed by atoms with Gasteiger partial charge in [0.25, 0.3) is 5.91 Å². The molecule has 0 aliphatic carbocycles. The molecule has 4 atom stereocenters. The molecule has 2 aliphatic heterocycles. The summed E-state index contributed by atoms with van der Waals surface area (Å²) in [7, 11) is -8.11. The van der Waals surface area contributed by atoms with E-state index in [1.165, 1.54) is 48.5 Å². The minimum absolute atomic E-state index is 0.0175. The van der Waals surface area contributed by atoms with Crippen molar-refractivity contribution in [2.24, 2.45) is 5.92 Å². The second kappa shape index (κ2) is 19.9. The lowest BCUT2D eigenvalue weighted by molar-refractivity contribution is -0.122. The number of unbranched alkanes of at least 4 members (excludes halogenated alkanes) is 1. The third-order valence-electron chi connectivity index (χ3n) is 10.0. The average molecular weight is 842 g/mol. The number of hydrogen-bond acceptors (Lipinski definition) is 11. The van der Waals surface area contributed by atoms with E-state index >= 15 is 0 Å². The standard InChI is InChI=1S/C40H51N5O9S3/c1-26-7-15-32(16-8-26)56(51,52)24-30(25-57(53,54)33-17-9-27(2)10-18-33)38(48)28-11-13-29(14-12-28)39(49)42-20-19-41-21-31(22-46)43-36(47)6-4-3-5-35-37-34(23-55-35)44-40(50)45-37/h7-18,30-31,34-35,37,41,46H,3-6,19-25H2,1-2H3,(H,42,49)(H,43,47)(H2,44,45,50). The first-order valence-corrected chi connectivity index (χ1v) is 23.3. The van der Waals surface area contributed by atoms with Gasteiger partial charge in [0.1, 0.15) is 0 Å². The van der Waals surface area contributed by atoms with Crippen LogP contribution in [0.15, 0.2) is 82.6 Å². The molecular weight excluding hydrogens is 791 g/mol. The van der Waals surface area contributed by atoms with Gasteiger partial charge in [-0.25, -0.2) is 21.6 Å². The Morgan fingerprint density at radius 1 is 0.807 bits per heavy atom. The second-order valence-corrected chi connectivity index (χ2v) is 19.9. The van der Waals surface area contributed by atoms with E-state index in [-0.39, 0.29) is 64.6 Å². The molecule has 3 aromatic rings. The number of carbonyl (C=O) groups excluding carboxylic acids is 4. The van der Waals surface area contributed by atoms with Crippen LogP contribution in [0.5, 0.6) is 0 Å². The third-order valence-corrected chi connectivity index (χ3v) is 15.2. The quantitative estimate of drug-likeness (QED) is 0.0521. The first-order valence-electron chi connectivity index (χ1n) is 19.0. The number of fused-ring (bicyclic) bond motifs is 1. The number of aryl methyl sites for hydroxylation is 2. The van der Waals surface area contributed by atoms with Gasteiger partial charge in [0.05, 0.1) is 51.9 Å². The number of ketones is 1. The molecule has 2 saturated heterocycles. The van der Waals surface area contributed by atoms with Gasteiger partial charge in [0.2, 0.25) is 5.91 Å². The lowest BCUT2D eigenvalue weighted by Crippen LogP contribution is -2.45. The van der Waals surface area contributed by atoms with Crippen molar-refractivity contribution < 1.29 is 41.1 Å². The van der Waals surface area contributed by atoms with Crippen LogP contribution in [-0.4, -0.2) is 112 Å². The SMILES string of the molecule is Cc1ccc(S(=O)(=O)CC(CS(=O)(=O)c2ccc(C)cc2)C(=O)c2ccc(C(=O)NCCNCC(CO)NC(=O)CCCCC3SCC4NC(=O)NC43)cc2)cc1. The van der Waals surface area contributed by atoms with Gasteiger partial charge in [0, 0.05) is 48.2 Å². The summed E-state index contributed by atoms with van der Waals surface area (Å²) in [5.41, 5.74) is 1.99. The molecule has 308 valence electrons. The Morgan fingerprint density at radius 2 is 1.39 bits per heavy atom. The highest BCUT2D eigenvalue weighted by molar-refractivity contribution is 8.00. The van der Waals surface area contributed by atoms with Crippen LogP contribution in [0, 0.1) is 19.8 Å². The van der Waals surface area contributed by atoms with E-state index < -0.39 is 54.8 Å². The van der Waals surface area contributed by atoms with Crippen molar-refractivity contribution >= 4 is 55.1 Å². The van der Waals surface area contributed by atoms with Gasteiger partial charge in [0.15, 0.2) is 25.5 Å². The fourth-order valence-corrected chi connectivity index (χ4v) is 11.6. The molecular formula is C40H51N5O9S3. The number of carbonyl (C=O) groups is 4. The van der Waals surface area contributed by atoms with Gasteiger partial charge in [-0.2, -0.15) is 11.8 Å². The zero-order valence-electron chi connectivity index (χ0n) is 32.0. The minimum Gasteiger partial charge on any atom is -0.394 e. The fourth-order valence-electron chi connectivity index (χ4n) is 6.81. The van der Waals surface area contributed by atoms with Crippen LogP contribution in [0.3, 0.4) is 0 Å². The highest BCUT2D eigenvalue weighted by Gasteiger charge is 2.42. The first-order chi connectivity index (χ1) is 27.1. The van der Waals surface area contributed by atoms with Gasteiger partial charge < -0.3 is 31.7 Å². The Labute approximate surface area is 338 Å². The van der Waals surface area contributed by atoms with Crippen LogP contribution in [-0.2, 0) is 24.5 Å². The Morgan fingerprint density at radius 3 is 1.96 bits per heavy atom. The molecule has 4 unspecified atom stereocenters. The molecule has 0 radical (unpaired) electrons. The van der Waals surface area contributed by atoms with E-state index in [0.717, 1.165) is 29.7 Å². The summed E-state index contributed by atoms with van der Waals surface area (Å²) in [4.78, 5) is 50.7. The predicted octanol–water partition coefficient (Wildman–Crippen LogP) is 2.57. The van der Waals surface area contributed by atoms with Crippen molar-refractivity contribution in [3.63, 3.8) is 0 Å². The van der Waals surface area contributed by atoms with E-state index in [1.807, 2.05) is 25.6 Å². The van der Waals surface area contributed by atoms with Crippen molar-refractivity contribution in [2.45, 2.75) is 72.7 Å². The summed E-state index contributed by atoms with van der Waals surface area (Å²) in [5.74, 6) is -3.25. The lowest BCUT2D eigenvalue weighted by Gasteiger charge is -2.18. The average Bonchev–Trinajstić information content (AvgIpc) is 3.74. The van der Waals surface area contributed by atoms with E-state index in [1.54, 1.807) is 24.3 Å². The third kappa shape index (κ3) is 12.4.